The van der Waals surface area contributed by atoms with Crippen molar-refractivity contribution in [1.82, 2.24) is 10.6 Å². The van der Waals surface area contributed by atoms with Gasteiger partial charge in [-0.15, -0.1) is 0 Å². The van der Waals surface area contributed by atoms with Crippen LogP contribution in [0.3, 0.4) is 0 Å². The fourth-order valence-electron chi connectivity index (χ4n) is 3.30. The lowest BCUT2D eigenvalue weighted by Gasteiger charge is -2.22. The first-order valence-electron chi connectivity index (χ1n) is 8.88. The molecule has 0 bridgehead atoms. The summed E-state index contributed by atoms with van der Waals surface area (Å²) in [6.07, 6.45) is 3.65. The summed E-state index contributed by atoms with van der Waals surface area (Å²) in [5, 5.41) is 6.64. The number of rotatable bonds is 6. The lowest BCUT2D eigenvalue weighted by molar-refractivity contribution is -0.123. The molecule has 2 aromatic carbocycles. The molecule has 0 aromatic heterocycles. The zero-order chi connectivity index (χ0) is 17.5. The summed E-state index contributed by atoms with van der Waals surface area (Å²) < 4.78 is 0. The molecular formula is C21H25N3O. The Labute approximate surface area is 149 Å². The molecule has 1 aliphatic rings. The number of carbonyl (C=O) groups is 1. The van der Waals surface area contributed by atoms with Crippen LogP contribution in [0.1, 0.15) is 36.9 Å². The molecular weight excluding hydrogens is 310 g/mol. The lowest BCUT2D eigenvalue weighted by Crippen LogP contribution is -2.44. The van der Waals surface area contributed by atoms with E-state index in [1.807, 2.05) is 49.5 Å². The van der Waals surface area contributed by atoms with Crippen molar-refractivity contribution < 1.29 is 4.79 Å². The van der Waals surface area contributed by atoms with E-state index in [2.05, 4.69) is 39.9 Å². The molecule has 1 fully saturated rings. The van der Waals surface area contributed by atoms with E-state index >= 15 is 0 Å². The molecule has 1 heterocycles. The molecule has 2 atom stereocenters. The summed E-state index contributed by atoms with van der Waals surface area (Å²) in [6.45, 7) is 2.66. The van der Waals surface area contributed by atoms with Crippen LogP contribution in [0.4, 0.5) is 0 Å². The molecule has 2 aromatic rings. The Morgan fingerprint density at radius 3 is 2.28 bits per heavy atom. The van der Waals surface area contributed by atoms with Crippen LogP contribution in [0.5, 0.6) is 0 Å². The highest BCUT2D eigenvalue weighted by Gasteiger charge is 2.30. The topological polar surface area (TPSA) is 53.5 Å². The lowest BCUT2D eigenvalue weighted by atomic mass is 9.98. The highest BCUT2D eigenvalue weighted by molar-refractivity contribution is 5.83. The molecule has 130 valence electrons. The third-order valence-electron chi connectivity index (χ3n) is 4.62. The first-order valence-corrected chi connectivity index (χ1v) is 8.88. The maximum absolute atomic E-state index is 12.8. The van der Waals surface area contributed by atoms with Gasteiger partial charge in [-0.25, -0.2) is 0 Å². The van der Waals surface area contributed by atoms with Crippen molar-refractivity contribution in [3.8, 4) is 0 Å². The summed E-state index contributed by atoms with van der Waals surface area (Å²) >= 11 is 0. The first-order chi connectivity index (χ1) is 12.3. The van der Waals surface area contributed by atoms with Gasteiger partial charge in [-0.2, -0.15) is 0 Å². The van der Waals surface area contributed by atoms with Crippen LogP contribution in [0.15, 0.2) is 65.7 Å². The Kier molecular flexibility index (Phi) is 5.96. The van der Waals surface area contributed by atoms with Crippen LogP contribution in [-0.2, 0) is 4.79 Å². The maximum atomic E-state index is 12.8. The molecule has 4 nitrogen and oxygen atoms in total. The van der Waals surface area contributed by atoms with Gasteiger partial charge in [0.05, 0.1) is 18.6 Å². The predicted molar refractivity (Wildman–Crippen MR) is 102 cm³/mol. The summed E-state index contributed by atoms with van der Waals surface area (Å²) in [5.41, 5.74) is 2.18. The van der Waals surface area contributed by atoms with Gasteiger partial charge >= 0.3 is 0 Å². The van der Waals surface area contributed by atoms with Gasteiger partial charge in [-0.3, -0.25) is 9.79 Å². The molecule has 2 N–H and O–H groups in total. The Bertz CT molecular complexity index is 660. The smallest absolute Gasteiger partial charge is 0.237 e. The van der Waals surface area contributed by atoms with E-state index < -0.39 is 0 Å². The van der Waals surface area contributed by atoms with Crippen molar-refractivity contribution in [2.24, 2.45) is 4.99 Å². The quantitative estimate of drug-likeness (QED) is 0.797. The summed E-state index contributed by atoms with van der Waals surface area (Å²) in [4.78, 5) is 17.1. The average Bonchev–Trinajstić information content (AvgIpc) is 3.15. The predicted octanol–water partition coefficient (Wildman–Crippen LogP) is 3.10. The van der Waals surface area contributed by atoms with Crippen LogP contribution in [0, 0.1) is 0 Å². The number of nitrogens with one attached hydrogen (secondary N) is 2. The fourth-order valence-corrected chi connectivity index (χ4v) is 3.30. The summed E-state index contributed by atoms with van der Waals surface area (Å²) in [5.74, 6) is 0.0562. The standard InChI is InChI=1S/C21H25N3O/c1-2-22-15-18-13-14-19(23-18)21(25)24-20(16-9-5-3-6-10-16)17-11-7-4-8-12-17/h2-12,18-20,23H,13-15H2,1H3,(H,24,25)/t18-,19?/m1/s1. The summed E-state index contributed by atoms with van der Waals surface area (Å²) in [7, 11) is 0. The van der Waals surface area contributed by atoms with Crippen molar-refractivity contribution in [2.75, 3.05) is 6.54 Å². The molecule has 0 saturated carbocycles. The second kappa shape index (κ2) is 8.58. The normalized spacial score (nSPS) is 20.2. The zero-order valence-corrected chi connectivity index (χ0v) is 14.6. The van der Waals surface area contributed by atoms with Crippen LogP contribution >= 0.6 is 0 Å². The van der Waals surface area contributed by atoms with Crippen molar-refractivity contribution in [3.63, 3.8) is 0 Å². The number of hydrogen-bond donors (Lipinski definition) is 2. The minimum Gasteiger partial charge on any atom is -0.344 e. The van der Waals surface area contributed by atoms with E-state index in [-0.39, 0.29) is 18.0 Å². The maximum Gasteiger partial charge on any atom is 0.237 e. The van der Waals surface area contributed by atoms with Gasteiger partial charge in [0.2, 0.25) is 5.91 Å². The molecule has 1 unspecified atom stereocenters. The van der Waals surface area contributed by atoms with E-state index in [4.69, 9.17) is 0 Å². The second-order valence-corrected chi connectivity index (χ2v) is 6.38. The minimum atomic E-state index is -0.146. The van der Waals surface area contributed by atoms with Gasteiger partial charge in [0.25, 0.3) is 0 Å². The highest BCUT2D eigenvalue weighted by Crippen LogP contribution is 2.23. The number of aliphatic imine (C=N–C) groups is 1. The van der Waals surface area contributed by atoms with Gasteiger partial charge in [0.15, 0.2) is 0 Å². The SMILES string of the molecule is CC=NC[C@H]1CCC(C(=O)NC(c2ccccc2)c2ccccc2)N1. The number of carbonyl (C=O) groups excluding carboxylic acids is 1. The van der Waals surface area contributed by atoms with Gasteiger partial charge in [0.1, 0.15) is 0 Å². The number of benzene rings is 2. The molecule has 0 radical (unpaired) electrons. The van der Waals surface area contributed by atoms with E-state index in [1.54, 1.807) is 0 Å². The molecule has 4 heteroatoms. The third kappa shape index (κ3) is 4.54. The van der Waals surface area contributed by atoms with Crippen LogP contribution < -0.4 is 10.6 Å². The molecule has 0 aliphatic carbocycles. The molecule has 1 amide bonds. The Morgan fingerprint density at radius 1 is 1.12 bits per heavy atom. The van der Waals surface area contributed by atoms with E-state index in [0.29, 0.717) is 6.04 Å². The number of hydrogen-bond acceptors (Lipinski definition) is 3. The third-order valence-corrected chi connectivity index (χ3v) is 4.62. The second-order valence-electron chi connectivity index (χ2n) is 6.38. The molecule has 3 rings (SSSR count). The van der Waals surface area contributed by atoms with Crippen molar-refractivity contribution in [2.45, 2.75) is 37.9 Å². The van der Waals surface area contributed by atoms with Crippen molar-refractivity contribution >= 4 is 12.1 Å². The fraction of sp³-hybridized carbons (Fsp3) is 0.333. The molecule has 25 heavy (non-hydrogen) atoms. The monoisotopic (exact) mass is 335 g/mol. The van der Waals surface area contributed by atoms with Crippen molar-refractivity contribution in [3.05, 3.63) is 71.8 Å². The molecule has 1 aliphatic heterocycles. The first kappa shape index (κ1) is 17.4. The number of amides is 1. The Morgan fingerprint density at radius 2 is 1.72 bits per heavy atom. The van der Waals surface area contributed by atoms with Crippen LogP contribution in [-0.4, -0.2) is 30.8 Å². The van der Waals surface area contributed by atoms with Gasteiger partial charge in [-0.05, 0) is 37.1 Å². The Hall–Kier alpha value is -2.46. The van der Waals surface area contributed by atoms with E-state index in [9.17, 15) is 4.79 Å². The van der Waals surface area contributed by atoms with Gasteiger partial charge in [0, 0.05) is 6.04 Å². The number of nitrogens with zero attached hydrogens (tertiary/aromatic N) is 1. The Balaban J connectivity index is 1.72. The average molecular weight is 335 g/mol. The van der Waals surface area contributed by atoms with E-state index in [0.717, 1.165) is 30.5 Å². The zero-order valence-electron chi connectivity index (χ0n) is 14.6. The minimum absolute atomic E-state index is 0.0562. The largest absolute Gasteiger partial charge is 0.344 e. The van der Waals surface area contributed by atoms with Crippen LogP contribution in [0.25, 0.3) is 0 Å². The summed E-state index contributed by atoms with van der Waals surface area (Å²) in [6, 6.07) is 20.2. The van der Waals surface area contributed by atoms with Gasteiger partial charge in [-0.1, -0.05) is 60.7 Å². The van der Waals surface area contributed by atoms with Crippen molar-refractivity contribution in [1.29, 1.82) is 0 Å². The highest BCUT2D eigenvalue weighted by atomic mass is 16.2. The van der Waals surface area contributed by atoms with Gasteiger partial charge < -0.3 is 10.6 Å². The van der Waals surface area contributed by atoms with E-state index in [1.165, 1.54) is 0 Å². The molecule has 1 saturated heterocycles. The van der Waals surface area contributed by atoms with Crippen LogP contribution in [0.2, 0.25) is 0 Å². The molecule has 0 spiro atoms.